The molecule has 0 aliphatic rings. The molecule has 0 fully saturated rings. The highest BCUT2D eigenvalue weighted by Gasteiger charge is 2.20. The van der Waals surface area contributed by atoms with E-state index in [9.17, 15) is 8.42 Å². The predicted molar refractivity (Wildman–Crippen MR) is 64.9 cm³/mol. The Bertz CT molecular complexity index is 445. The first-order valence-corrected chi connectivity index (χ1v) is 6.60. The summed E-state index contributed by atoms with van der Waals surface area (Å²) in [6.07, 6.45) is 0. The van der Waals surface area contributed by atoms with Crippen LogP contribution in [0.5, 0.6) is 0 Å². The van der Waals surface area contributed by atoms with Gasteiger partial charge in [-0.2, -0.15) is 0 Å². The molecule has 5 nitrogen and oxygen atoms in total. The first-order valence-electron chi connectivity index (χ1n) is 5.05. The van der Waals surface area contributed by atoms with Gasteiger partial charge in [0.25, 0.3) is 0 Å². The number of aryl methyl sites for hydroxylation is 1. The zero-order valence-electron chi connectivity index (χ0n) is 9.69. The number of pyridine rings is 1. The molecule has 6 heteroatoms. The SMILES string of the molecule is CNCC(C)S(=O)(=O)Nc1cccc(C)n1. The molecule has 1 aromatic heterocycles. The van der Waals surface area contributed by atoms with Crippen molar-refractivity contribution in [2.24, 2.45) is 0 Å². The van der Waals surface area contributed by atoms with Crippen molar-refractivity contribution in [2.45, 2.75) is 19.1 Å². The highest BCUT2D eigenvalue weighted by Crippen LogP contribution is 2.09. The lowest BCUT2D eigenvalue weighted by atomic mass is 10.4. The minimum absolute atomic E-state index is 0.364. The topological polar surface area (TPSA) is 71.1 Å². The third kappa shape index (κ3) is 3.46. The molecular formula is C10H17N3O2S. The third-order valence-corrected chi connectivity index (χ3v) is 3.88. The number of hydrogen-bond acceptors (Lipinski definition) is 4. The van der Waals surface area contributed by atoms with Gasteiger partial charge in [0, 0.05) is 12.2 Å². The van der Waals surface area contributed by atoms with Crippen molar-refractivity contribution in [3.8, 4) is 0 Å². The molecule has 1 unspecified atom stereocenters. The second-order valence-electron chi connectivity index (χ2n) is 3.68. The summed E-state index contributed by atoms with van der Waals surface area (Å²) < 4.78 is 26.1. The Morgan fingerprint density at radius 2 is 2.12 bits per heavy atom. The summed E-state index contributed by atoms with van der Waals surface area (Å²) >= 11 is 0. The molecule has 0 saturated heterocycles. The Hall–Kier alpha value is -1.14. The Kier molecular flexibility index (Phi) is 4.26. The molecule has 0 saturated carbocycles. The number of sulfonamides is 1. The lowest BCUT2D eigenvalue weighted by molar-refractivity contribution is 0.583. The van der Waals surface area contributed by atoms with Gasteiger partial charge < -0.3 is 5.32 Å². The minimum atomic E-state index is -3.37. The van der Waals surface area contributed by atoms with Gasteiger partial charge in [-0.15, -0.1) is 0 Å². The quantitative estimate of drug-likeness (QED) is 0.800. The van der Waals surface area contributed by atoms with Gasteiger partial charge in [-0.3, -0.25) is 4.72 Å². The van der Waals surface area contributed by atoms with Crippen LogP contribution in [0.25, 0.3) is 0 Å². The van der Waals surface area contributed by atoms with E-state index < -0.39 is 15.3 Å². The van der Waals surface area contributed by atoms with Crippen LogP contribution in [-0.4, -0.2) is 32.2 Å². The number of anilines is 1. The summed E-state index contributed by atoms with van der Waals surface area (Å²) in [5.74, 6) is 0.364. The van der Waals surface area contributed by atoms with E-state index in [2.05, 4.69) is 15.0 Å². The van der Waals surface area contributed by atoms with Crippen molar-refractivity contribution in [3.05, 3.63) is 23.9 Å². The van der Waals surface area contributed by atoms with Crippen LogP contribution in [0.1, 0.15) is 12.6 Å². The Morgan fingerprint density at radius 3 is 2.69 bits per heavy atom. The van der Waals surface area contributed by atoms with Crippen LogP contribution < -0.4 is 10.0 Å². The predicted octanol–water partition coefficient (Wildman–Crippen LogP) is 0.740. The van der Waals surface area contributed by atoms with E-state index >= 15 is 0 Å². The van der Waals surface area contributed by atoms with Gasteiger partial charge in [0.15, 0.2) is 0 Å². The lowest BCUT2D eigenvalue weighted by Gasteiger charge is -2.13. The van der Waals surface area contributed by atoms with Crippen molar-refractivity contribution in [3.63, 3.8) is 0 Å². The zero-order valence-corrected chi connectivity index (χ0v) is 10.5. The highest BCUT2D eigenvalue weighted by atomic mass is 32.2. The molecule has 1 aromatic rings. The van der Waals surface area contributed by atoms with Crippen LogP contribution in [0.2, 0.25) is 0 Å². The van der Waals surface area contributed by atoms with Gasteiger partial charge in [-0.1, -0.05) is 6.07 Å². The molecule has 0 radical (unpaired) electrons. The van der Waals surface area contributed by atoms with E-state index in [1.54, 1.807) is 26.1 Å². The molecule has 0 aromatic carbocycles. The molecule has 0 aliphatic heterocycles. The fourth-order valence-electron chi connectivity index (χ4n) is 1.24. The van der Waals surface area contributed by atoms with Crippen LogP contribution >= 0.6 is 0 Å². The van der Waals surface area contributed by atoms with Gasteiger partial charge >= 0.3 is 0 Å². The minimum Gasteiger partial charge on any atom is -0.318 e. The summed E-state index contributed by atoms with van der Waals surface area (Å²) in [4.78, 5) is 4.09. The summed E-state index contributed by atoms with van der Waals surface area (Å²) in [5, 5.41) is 2.33. The van der Waals surface area contributed by atoms with E-state index in [4.69, 9.17) is 0 Å². The number of hydrogen-bond donors (Lipinski definition) is 2. The summed E-state index contributed by atoms with van der Waals surface area (Å²) in [6, 6.07) is 5.22. The first kappa shape index (κ1) is 12.9. The van der Waals surface area contributed by atoms with Gasteiger partial charge in [0.1, 0.15) is 5.82 Å². The fourth-order valence-corrected chi connectivity index (χ4v) is 2.24. The van der Waals surface area contributed by atoms with Gasteiger partial charge in [-0.05, 0) is 33.0 Å². The molecule has 2 N–H and O–H groups in total. The van der Waals surface area contributed by atoms with Crippen molar-refractivity contribution in [1.82, 2.24) is 10.3 Å². The van der Waals surface area contributed by atoms with Crippen molar-refractivity contribution in [2.75, 3.05) is 18.3 Å². The molecule has 16 heavy (non-hydrogen) atoms. The summed E-state index contributed by atoms with van der Waals surface area (Å²) in [6.45, 7) is 3.87. The normalized spacial score (nSPS) is 13.4. The van der Waals surface area contributed by atoms with Gasteiger partial charge in [0.05, 0.1) is 5.25 Å². The van der Waals surface area contributed by atoms with E-state index in [1.165, 1.54) is 0 Å². The second kappa shape index (κ2) is 5.27. The van der Waals surface area contributed by atoms with Crippen LogP contribution in [0.4, 0.5) is 5.82 Å². The van der Waals surface area contributed by atoms with Crippen LogP contribution in [0.3, 0.4) is 0 Å². The van der Waals surface area contributed by atoms with E-state index in [0.29, 0.717) is 12.4 Å². The fraction of sp³-hybridized carbons (Fsp3) is 0.500. The van der Waals surface area contributed by atoms with E-state index in [0.717, 1.165) is 5.69 Å². The van der Waals surface area contributed by atoms with E-state index in [1.807, 2.05) is 13.0 Å². The molecule has 0 aliphatic carbocycles. The zero-order chi connectivity index (χ0) is 12.2. The molecule has 0 amide bonds. The highest BCUT2D eigenvalue weighted by molar-refractivity contribution is 7.93. The molecule has 1 rings (SSSR count). The molecule has 1 atom stereocenters. The molecule has 90 valence electrons. The smallest absolute Gasteiger partial charge is 0.237 e. The largest absolute Gasteiger partial charge is 0.318 e. The number of aromatic nitrogens is 1. The maximum absolute atomic E-state index is 11.8. The molecule has 0 bridgehead atoms. The number of rotatable bonds is 5. The first-order chi connectivity index (χ1) is 7.45. The van der Waals surface area contributed by atoms with Gasteiger partial charge in [-0.25, -0.2) is 13.4 Å². The molecule has 1 heterocycles. The maximum Gasteiger partial charge on any atom is 0.237 e. The standard InChI is InChI=1S/C10H17N3O2S/c1-8-5-4-6-10(12-8)13-16(14,15)9(2)7-11-3/h4-6,9,11H,7H2,1-3H3,(H,12,13). The lowest BCUT2D eigenvalue weighted by Crippen LogP contribution is -2.33. The number of nitrogens with zero attached hydrogens (tertiary/aromatic N) is 1. The Morgan fingerprint density at radius 1 is 1.44 bits per heavy atom. The average Bonchev–Trinajstić information content (AvgIpc) is 2.17. The van der Waals surface area contributed by atoms with Crippen LogP contribution in [0, 0.1) is 6.92 Å². The second-order valence-corrected chi connectivity index (χ2v) is 5.78. The van der Waals surface area contributed by atoms with Crippen LogP contribution in [0.15, 0.2) is 18.2 Å². The maximum atomic E-state index is 11.8. The third-order valence-electron chi connectivity index (χ3n) is 2.16. The van der Waals surface area contributed by atoms with Crippen molar-refractivity contribution < 1.29 is 8.42 Å². The molecular weight excluding hydrogens is 226 g/mol. The van der Waals surface area contributed by atoms with E-state index in [-0.39, 0.29) is 0 Å². The average molecular weight is 243 g/mol. The Balaban J connectivity index is 2.80. The van der Waals surface area contributed by atoms with Gasteiger partial charge in [0.2, 0.25) is 10.0 Å². The monoisotopic (exact) mass is 243 g/mol. The summed E-state index contributed by atoms with van der Waals surface area (Å²) in [7, 11) is -1.65. The van der Waals surface area contributed by atoms with Crippen molar-refractivity contribution >= 4 is 15.8 Å². The Labute approximate surface area is 96.3 Å². The van der Waals surface area contributed by atoms with Crippen molar-refractivity contribution in [1.29, 1.82) is 0 Å². The van der Waals surface area contributed by atoms with Crippen LogP contribution in [-0.2, 0) is 10.0 Å². The number of nitrogens with one attached hydrogen (secondary N) is 2. The summed E-state index contributed by atoms with van der Waals surface area (Å²) in [5.41, 5.74) is 0.779. The molecule has 0 spiro atoms.